The summed E-state index contributed by atoms with van der Waals surface area (Å²) in [7, 11) is 0. The normalized spacial score (nSPS) is 12.1. The van der Waals surface area contributed by atoms with Crippen LogP contribution in [0.4, 0.5) is 0 Å². The summed E-state index contributed by atoms with van der Waals surface area (Å²) >= 11 is 12.5. The topological polar surface area (TPSA) is 59.8 Å². The molecule has 0 saturated carbocycles. The molecular formula is C23H20Cl2N4O. The zero-order valence-electron chi connectivity index (χ0n) is 16.3. The minimum Gasteiger partial charge on any atom is -0.351 e. The fraction of sp³-hybridized carbons (Fsp3) is 0.174. The lowest BCUT2D eigenvalue weighted by atomic mass is 9.96. The molecule has 2 aromatic heterocycles. The summed E-state index contributed by atoms with van der Waals surface area (Å²) in [5.74, 6) is 0.485. The number of hydrogen-bond donors (Lipinski definition) is 1. The highest BCUT2D eigenvalue weighted by atomic mass is 35.5. The maximum atomic E-state index is 13.1. The molecule has 4 aromatic rings. The third-order valence-corrected chi connectivity index (χ3v) is 5.70. The number of benzene rings is 2. The Balaban J connectivity index is 1.64. The van der Waals surface area contributed by atoms with Gasteiger partial charge in [-0.1, -0.05) is 48.3 Å². The quantitative estimate of drug-likeness (QED) is 0.422. The van der Waals surface area contributed by atoms with Crippen molar-refractivity contribution in [3.63, 3.8) is 0 Å². The van der Waals surface area contributed by atoms with E-state index in [0.29, 0.717) is 33.5 Å². The molecule has 0 saturated heterocycles. The zero-order chi connectivity index (χ0) is 21.1. The average Bonchev–Trinajstić information content (AvgIpc) is 3.17. The Hall–Kier alpha value is -2.89. The second-order valence-corrected chi connectivity index (χ2v) is 7.81. The van der Waals surface area contributed by atoms with E-state index in [1.807, 2.05) is 36.4 Å². The molecule has 0 bridgehead atoms. The first-order valence-electron chi connectivity index (χ1n) is 9.69. The molecule has 1 atom stereocenters. The molecule has 0 aliphatic rings. The molecule has 5 nitrogen and oxygen atoms in total. The van der Waals surface area contributed by atoms with E-state index in [1.165, 1.54) is 0 Å². The molecule has 1 amide bonds. The van der Waals surface area contributed by atoms with Gasteiger partial charge in [0, 0.05) is 41.5 Å². The zero-order valence-corrected chi connectivity index (χ0v) is 17.9. The van der Waals surface area contributed by atoms with Crippen LogP contribution in [0.5, 0.6) is 0 Å². The summed E-state index contributed by atoms with van der Waals surface area (Å²) in [6.07, 6.45) is 5.96. The number of fused-ring (bicyclic) bond motifs is 1. The van der Waals surface area contributed by atoms with Crippen molar-refractivity contribution in [1.82, 2.24) is 19.9 Å². The van der Waals surface area contributed by atoms with E-state index in [0.717, 1.165) is 17.5 Å². The van der Waals surface area contributed by atoms with E-state index in [4.69, 9.17) is 23.2 Å². The molecule has 2 heterocycles. The minimum atomic E-state index is -0.185. The SMILES string of the molecule is CCC(CNC(=O)c1cn(-c2ncccn2)c2cccc(Cl)c12)c1ccc(Cl)cc1. The van der Waals surface area contributed by atoms with Crippen LogP contribution in [0, 0.1) is 0 Å². The molecule has 1 unspecified atom stereocenters. The lowest BCUT2D eigenvalue weighted by Crippen LogP contribution is -2.28. The standard InChI is InChI=1S/C23H20Cl2N4O/c1-2-15(16-7-9-17(24)10-8-16)13-28-22(30)18-14-29(23-26-11-4-12-27-23)20-6-3-5-19(25)21(18)20/h3-12,14-15H,2,13H2,1H3,(H,28,30). The van der Waals surface area contributed by atoms with Gasteiger partial charge >= 0.3 is 0 Å². The van der Waals surface area contributed by atoms with Crippen molar-refractivity contribution in [2.24, 2.45) is 0 Å². The van der Waals surface area contributed by atoms with Gasteiger partial charge in [-0.2, -0.15) is 0 Å². The van der Waals surface area contributed by atoms with Crippen LogP contribution in [0.15, 0.2) is 67.1 Å². The third kappa shape index (κ3) is 4.04. The fourth-order valence-corrected chi connectivity index (χ4v) is 3.94. The Morgan fingerprint density at radius 1 is 1.07 bits per heavy atom. The molecule has 30 heavy (non-hydrogen) atoms. The molecule has 1 N–H and O–H groups in total. The van der Waals surface area contributed by atoms with Crippen molar-refractivity contribution in [2.75, 3.05) is 6.54 Å². The highest BCUT2D eigenvalue weighted by Crippen LogP contribution is 2.30. The van der Waals surface area contributed by atoms with Crippen LogP contribution in [0.3, 0.4) is 0 Å². The van der Waals surface area contributed by atoms with E-state index in [9.17, 15) is 4.79 Å². The van der Waals surface area contributed by atoms with Crippen LogP contribution in [0.2, 0.25) is 10.0 Å². The molecule has 0 aliphatic heterocycles. The van der Waals surface area contributed by atoms with Gasteiger partial charge in [-0.25, -0.2) is 9.97 Å². The number of halogens is 2. The van der Waals surface area contributed by atoms with Gasteiger partial charge in [0.25, 0.3) is 5.91 Å². The smallest absolute Gasteiger partial charge is 0.253 e. The van der Waals surface area contributed by atoms with Crippen LogP contribution < -0.4 is 5.32 Å². The summed E-state index contributed by atoms with van der Waals surface area (Å²) < 4.78 is 1.78. The molecule has 0 aliphatic carbocycles. The van der Waals surface area contributed by atoms with Crippen molar-refractivity contribution < 1.29 is 4.79 Å². The van der Waals surface area contributed by atoms with Crippen LogP contribution in [-0.2, 0) is 0 Å². The van der Waals surface area contributed by atoms with Gasteiger partial charge in [-0.3, -0.25) is 9.36 Å². The second kappa shape index (κ2) is 8.86. The molecular weight excluding hydrogens is 419 g/mol. The van der Waals surface area contributed by atoms with Gasteiger partial charge in [-0.15, -0.1) is 0 Å². The maximum Gasteiger partial charge on any atom is 0.253 e. The first-order chi connectivity index (χ1) is 14.6. The molecule has 0 fully saturated rings. The monoisotopic (exact) mass is 438 g/mol. The van der Waals surface area contributed by atoms with Gasteiger partial charge in [0.15, 0.2) is 0 Å². The van der Waals surface area contributed by atoms with E-state index in [2.05, 4.69) is 22.2 Å². The number of amides is 1. The number of rotatable bonds is 6. The average molecular weight is 439 g/mol. The van der Waals surface area contributed by atoms with Crippen LogP contribution in [0.25, 0.3) is 16.9 Å². The Kier molecular flexibility index (Phi) is 6.02. The van der Waals surface area contributed by atoms with Gasteiger partial charge < -0.3 is 5.32 Å². The van der Waals surface area contributed by atoms with E-state index >= 15 is 0 Å². The molecule has 4 rings (SSSR count). The number of carbonyl (C=O) groups excluding carboxylic acids is 1. The third-order valence-electron chi connectivity index (χ3n) is 5.13. The summed E-state index contributed by atoms with van der Waals surface area (Å²) in [4.78, 5) is 21.7. The van der Waals surface area contributed by atoms with E-state index in [1.54, 1.807) is 35.3 Å². The van der Waals surface area contributed by atoms with Crippen molar-refractivity contribution in [2.45, 2.75) is 19.3 Å². The number of nitrogens with one attached hydrogen (secondary N) is 1. The van der Waals surface area contributed by atoms with Crippen molar-refractivity contribution in [3.05, 3.63) is 88.3 Å². The molecule has 2 aromatic carbocycles. The number of hydrogen-bond acceptors (Lipinski definition) is 3. The molecule has 0 radical (unpaired) electrons. The summed E-state index contributed by atoms with van der Waals surface area (Å²) in [6, 6.07) is 15.0. The molecule has 7 heteroatoms. The number of aromatic nitrogens is 3. The lowest BCUT2D eigenvalue weighted by molar-refractivity contribution is 0.0952. The molecule has 152 valence electrons. The minimum absolute atomic E-state index is 0.185. The Bertz CT molecular complexity index is 1170. The first-order valence-corrected chi connectivity index (χ1v) is 10.4. The summed E-state index contributed by atoms with van der Waals surface area (Å²) in [5, 5.41) is 4.96. The second-order valence-electron chi connectivity index (χ2n) is 6.96. The summed E-state index contributed by atoms with van der Waals surface area (Å²) in [5.41, 5.74) is 2.41. The van der Waals surface area contributed by atoms with Gasteiger partial charge in [0.2, 0.25) is 5.95 Å². The van der Waals surface area contributed by atoms with Gasteiger partial charge in [0.05, 0.1) is 16.1 Å². The van der Waals surface area contributed by atoms with Crippen molar-refractivity contribution >= 4 is 40.0 Å². The van der Waals surface area contributed by atoms with E-state index in [-0.39, 0.29) is 11.8 Å². The highest BCUT2D eigenvalue weighted by molar-refractivity contribution is 6.37. The first kappa shape index (κ1) is 20.4. The Morgan fingerprint density at radius 2 is 1.80 bits per heavy atom. The fourth-order valence-electron chi connectivity index (χ4n) is 3.54. The van der Waals surface area contributed by atoms with Crippen molar-refractivity contribution in [3.8, 4) is 5.95 Å². The number of nitrogens with zero attached hydrogens (tertiary/aromatic N) is 3. The molecule has 0 spiro atoms. The van der Waals surface area contributed by atoms with Crippen LogP contribution in [-0.4, -0.2) is 27.0 Å². The predicted octanol–water partition coefficient (Wildman–Crippen LogP) is 5.65. The van der Waals surface area contributed by atoms with Crippen LogP contribution >= 0.6 is 23.2 Å². The number of carbonyl (C=O) groups is 1. The van der Waals surface area contributed by atoms with Crippen LogP contribution in [0.1, 0.15) is 35.2 Å². The Morgan fingerprint density at radius 3 is 2.50 bits per heavy atom. The van der Waals surface area contributed by atoms with Gasteiger partial charge in [0.1, 0.15) is 0 Å². The van der Waals surface area contributed by atoms with Gasteiger partial charge in [-0.05, 0) is 42.3 Å². The van der Waals surface area contributed by atoms with Crippen molar-refractivity contribution in [1.29, 1.82) is 0 Å². The highest BCUT2D eigenvalue weighted by Gasteiger charge is 2.20. The maximum absolute atomic E-state index is 13.1. The summed E-state index contributed by atoms with van der Waals surface area (Å²) in [6.45, 7) is 2.61. The largest absolute Gasteiger partial charge is 0.351 e. The Labute approximate surface area is 184 Å². The predicted molar refractivity (Wildman–Crippen MR) is 121 cm³/mol. The lowest BCUT2D eigenvalue weighted by Gasteiger charge is -2.16. The van der Waals surface area contributed by atoms with E-state index < -0.39 is 0 Å².